The zero-order valence-electron chi connectivity index (χ0n) is 10.0. The number of halogens is 2. The van der Waals surface area contributed by atoms with E-state index in [1.165, 1.54) is 6.07 Å². The zero-order valence-corrected chi connectivity index (χ0v) is 12.4. The van der Waals surface area contributed by atoms with Crippen molar-refractivity contribution in [1.29, 1.82) is 0 Å². The third kappa shape index (κ3) is 3.71. The summed E-state index contributed by atoms with van der Waals surface area (Å²) in [6.45, 7) is 3.62. The minimum atomic E-state index is -0.695. The fourth-order valence-electron chi connectivity index (χ4n) is 1.43. The second-order valence-corrected chi connectivity index (χ2v) is 5.49. The molecule has 1 aromatic carbocycles. The molecule has 3 N–H and O–H groups in total. The van der Waals surface area contributed by atoms with E-state index in [4.69, 9.17) is 17.3 Å². The van der Waals surface area contributed by atoms with Crippen LogP contribution >= 0.6 is 27.5 Å². The Hall–Kier alpha value is -1.07. The number of benzene rings is 1. The number of hydrogen-bond acceptors (Lipinski definition) is 2. The largest absolute Gasteiger partial charge is 0.368 e. The minimum Gasteiger partial charge on any atom is -0.368 e. The molecule has 0 aromatic heterocycles. The van der Waals surface area contributed by atoms with E-state index >= 15 is 0 Å². The van der Waals surface area contributed by atoms with Gasteiger partial charge in [-0.25, -0.2) is 0 Å². The van der Waals surface area contributed by atoms with Gasteiger partial charge in [0.05, 0.1) is 5.02 Å². The van der Waals surface area contributed by atoms with Gasteiger partial charge in [0, 0.05) is 10.0 Å². The average molecular weight is 334 g/mol. The molecule has 98 valence electrons. The lowest BCUT2D eigenvalue weighted by Crippen LogP contribution is -2.47. The molecule has 6 heteroatoms. The molecule has 1 atom stereocenters. The van der Waals surface area contributed by atoms with Crippen molar-refractivity contribution in [3.8, 4) is 0 Å². The van der Waals surface area contributed by atoms with Crippen LogP contribution in [-0.2, 0) is 4.79 Å². The lowest BCUT2D eigenvalue weighted by Gasteiger charge is -2.19. The van der Waals surface area contributed by atoms with Gasteiger partial charge in [-0.1, -0.05) is 25.4 Å². The van der Waals surface area contributed by atoms with Crippen molar-refractivity contribution in [2.45, 2.75) is 19.9 Å². The third-order valence-electron chi connectivity index (χ3n) is 2.44. The third-order valence-corrected chi connectivity index (χ3v) is 3.67. The molecule has 0 radical (unpaired) electrons. The number of carbonyl (C=O) groups is 2. The van der Waals surface area contributed by atoms with E-state index in [9.17, 15) is 9.59 Å². The van der Waals surface area contributed by atoms with E-state index in [0.29, 0.717) is 15.1 Å². The van der Waals surface area contributed by atoms with E-state index < -0.39 is 11.9 Å². The average Bonchev–Trinajstić information content (AvgIpc) is 2.28. The van der Waals surface area contributed by atoms with Crippen LogP contribution in [0.2, 0.25) is 5.02 Å². The molecule has 18 heavy (non-hydrogen) atoms. The normalized spacial score (nSPS) is 12.3. The van der Waals surface area contributed by atoms with Gasteiger partial charge >= 0.3 is 0 Å². The molecule has 0 aliphatic carbocycles. The van der Waals surface area contributed by atoms with Gasteiger partial charge in [-0.15, -0.1) is 0 Å². The van der Waals surface area contributed by atoms with Crippen molar-refractivity contribution in [3.05, 3.63) is 33.3 Å². The van der Waals surface area contributed by atoms with Crippen LogP contribution in [0, 0.1) is 5.92 Å². The number of nitrogens with one attached hydrogen (secondary N) is 1. The summed E-state index contributed by atoms with van der Waals surface area (Å²) in [7, 11) is 0. The van der Waals surface area contributed by atoms with Gasteiger partial charge in [-0.2, -0.15) is 0 Å². The summed E-state index contributed by atoms with van der Waals surface area (Å²) in [5, 5.41) is 3.02. The quantitative estimate of drug-likeness (QED) is 0.887. The van der Waals surface area contributed by atoms with Crippen molar-refractivity contribution in [2.75, 3.05) is 0 Å². The van der Waals surface area contributed by atoms with Crippen LogP contribution in [0.15, 0.2) is 22.7 Å². The van der Waals surface area contributed by atoms with Crippen LogP contribution in [-0.4, -0.2) is 17.9 Å². The standard InChI is InChI=1S/C12H14BrClN2O2/c1-6(2)10(11(15)17)16-12(18)7-3-4-8(13)9(14)5-7/h3-6,10H,1-2H3,(H2,15,17)(H,16,18)/t10-/m0/s1. The predicted molar refractivity (Wildman–Crippen MR) is 74.4 cm³/mol. The van der Waals surface area contributed by atoms with Crippen LogP contribution in [0.3, 0.4) is 0 Å². The van der Waals surface area contributed by atoms with E-state index in [0.717, 1.165) is 0 Å². The smallest absolute Gasteiger partial charge is 0.251 e. The Balaban J connectivity index is 2.87. The van der Waals surface area contributed by atoms with Crippen molar-refractivity contribution >= 4 is 39.3 Å². The highest BCUT2D eigenvalue weighted by Gasteiger charge is 2.22. The first-order valence-corrected chi connectivity index (χ1v) is 6.55. The van der Waals surface area contributed by atoms with Crippen molar-refractivity contribution in [1.82, 2.24) is 5.32 Å². The van der Waals surface area contributed by atoms with Gasteiger partial charge in [-0.3, -0.25) is 9.59 Å². The van der Waals surface area contributed by atoms with Crippen LogP contribution in [0.1, 0.15) is 24.2 Å². The number of primary amides is 1. The summed E-state index contributed by atoms with van der Waals surface area (Å²) < 4.78 is 0.705. The summed E-state index contributed by atoms with van der Waals surface area (Å²) in [5.74, 6) is -0.999. The summed E-state index contributed by atoms with van der Waals surface area (Å²) >= 11 is 9.14. The summed E-state index contributed by atoms with van der Waals surface area (Å²) in [6.07, 6.45) is 0. The maximum atomic E-state index is 11.9. The molecule has 0 aliphatic rings. The SMILES string of the molecule is CC(C)[C@H](NC(=O)c1ccc(Br)c(Cl)c1)C(N)=O. The molecule has 2 amide bonds. The van der Waals surface area contributed by atoms with Crippen molar-refractivity contribution in [3.63, 3.8) is 0 Å². The molecular weight excluding hydrogens is 320 g/mol. The highest BCUT2D eigenvalue weighted by atomic mass is 79.9. The Kier molecular flexibility index (Phi) is 5.16. The number of carbonyl (C=O) groups excluding carboxylic acids is 2. The van der Waals surface area contributed by atoms with Gasteiger partial charge in [0.15, 0.2) is 0 Å². The monoisotopic (exact) mass is 332 g/mol. The summed E-state index contributed by atoms with van der Waals surface area (Å²) in [4.78, 5) is 23.1. The van der Waals surface area contributed by atoms with Crippen molar-refractivity contribution < 1.29 is 9.59 Å². The fraction of sp³-hybridized carbons (Fsp3) is 0.333. The topological polar surface area (TPSA) is 72.2 Å². The molecular formula is C12H14BrClN2O2. The maximum Gasteiger partial charge on any atom is 0.251 e. The Morgan fingerprint density at radius 2 is 2.00 bits per heavy atom. The fourth-order valence-corrected chi connectivity index (χ4v) is 1.86. The summed E-state index contributed by atoms with van der Waals surface area (Å²) in [5.41, 5.74) is 5.62. The Morgan fingerprint density at radius 3 is 2.44 bits per heavy atom. The molecule has 1 rings (SSSR count). The number of rotatable bonds is 4. The lowest BCUT2D eigenvalue weighted by molar-refractivity contribution is -0.120. The number of amides is 2. The number of nitrogens with two attached hydrogens (primary N) is 1. The predicted octanol–water partition coefficient (Wildman–Crippen LogP) is 2.34. The Labute approximate surface area is 119 Å². The zero-order chi connectivity index (χ0) is 13.9. The van der Waals surface area contributed by atoms with E-state index in [1.807, 2.05) is 13.8 Å². The van der Waals surface area contributed by atoms with Gasteiger partial charge in [-0.05, 0) is 40.0 Å². The first-order chi connectivity index (χ1) is 8.32. The van der Waals surface area contributed by atoms with Crippen molar-refractivity contribution in [2.24, 2.45) is 11.7 Å². The van der Waals surface area contributed by atoms with Gasteiger partial charge in [0.1, 0.15) is 6.04 Å². The van der Waals surface area contributed by atoms with Crippen LogP contribution < -0.4 is 11.1 Å². The molecule has 4 nitrogen and oxygen atoms in total. The molecule has 0 unspecified atom stereocenters. The molecule has 1 aromatic rings. The van der Waals surface area contributed by atoms with Crippen LogP contribution in [0.4, 0.5) is 0 Å². The minimum absolute atomic E-state index is 0.0719. The molecule has 0 saturated heterocycles. The van der Waals surface area contributed by atoms with E-state index in [1.54, 1.807) is 12.1 Å². The molecule has 0 heterocycles. The van der Waals surface area contributed by atoms with Crippen LogP contribution in [0.5, 0.6) is 0 Å². The van der Waals surface area contributed by atoms with E-state index in [-0.39, 0.29) is 11.8 Å². The van der Waals surface area contributed by atoms with Crippen LogP contribution in [0.25, 0.3) is 0 Å². The number of hydrogen-bond donors (Lipinski definition) is 2. The Bertz CT molecular complexity index is 477. The highest BCUT2D eigenvalue weighted by Crippen LogP contribution is 2.23. The van der Waals surface area contributed by atoms with Gasteiger partial charge in [0.25, 0.3) is 5.91 Å². The molecule has 0 saturated carbocycles. The van der Waals surface area contributed by atoms with Gasteiger partial charge in [0.2, 0.25) is 5.91 Å². The highest BCUT2D eigenvalue weighted by molar-refractivity contribution is 9.10. The molecule has 0 bridgehead atoms. The van der Waals surface area contributed by atoms with E-state index in [2.05, 4.69) is 21.2 Å². The molecule has 0 aliphatic heterocycles. The maximum absolute atomic E-state index is 11.9. The summed E-state index contributed by atoms with van der Waals surface area (Å²) in [6, 6.07) is 4.12. The second kappa shape index (κ2) is 6.20. The first kappa shape index (κ1) is 15.0. The second-order valence-electron chi connectivity index (χ2n) is 4.23. The van der Waals surface area contributed by atoms with Gasteiger partial charge < -0.3 is 11.1 Å². The Morgan fingerprint density at radius 1 is 1.39 bits per heavy atom. The lowest BCUT2D eigenvalue weighted by atomic mass is 10.0. The first-order valence-electron chi connectivity index (χ1n) is 5.38. The molecule has 0 spiro atoms. The molecule has 0 fully saturated rings.